The third kappa shape index (κ3) is 6.09. The Labute approximate surface area is 161 Å². The van der Waals surface area contributed by atoms with Gasteiger partial charge in [0.1, 0.15) is 0 Å². The molecule has 0 saturated carbocycles. The highest BCUT2D eigenvalue weighted by Crippen LogP contribution is 2.29. The van der Waals surface area contributed by atoms with Gasteiger partial charge in [0.25, 0.3) is 0 Å². The number of anilines is 2. The van der Waals surface area contributed by atoms with Crippen LogP contribution in [0, 0.1) is 0 Å². The Morgan fingerprint density at radius 3 is 2.14 bits per heavy atom. The second-order valence-electron chi connectivity index (χ2n) is 6.54. The van der Waals surface area contributed by atoms with E-state index in [9.17, 15) is 22.8 Å². The molecule has 0 aromatic heterocycles. The molecule has 0 bridgehead atoms. The van der Waals surface area contributed by atoms with Crippen molar-refractivity contribution in [1.29, 1.82) is 0 Å². The van der Waals surface area contributed by atoms with Crippen molar-refractivity contribution in [2.75, 3.05) is 17.7 Å². The van der Waals surface area contributed by atoms with Gasteiger partial charge in [-0.2, -0.15) is 13.2 Å². The van der Waals surface area contributed by atoms with Gasteiger partial charge in [0.2, 0.25) is 11.8 Å². The minimum Gasteiger partial charge on any atom is -0.326 e. The number of alkyl halides is 3. The number of carbonyl (C=O) groups excluding carboxylic acids is 2. The van der Waals surface area contributed by atoms with Crippen LogP contribution in [-0.2, 0) is 22.3 Å². The summed E-state index contributed by atoms with van der Waals surface area (Å²) in [6.45, 7) is 3.42. The lowest BCUT2D eigenvalue weighted by molar-refractivity contribution is -0.137. The largest absolute Gasteiger partial charge is 0.416 e. The van der Waals surface area contributed by atoms with Gasteiger partial charge in [0.15, 0.2) is 0 Å². The van der Waals surface area contributed by atoms with Crippen LogP contribution in [-0.4, -0.2) is 29.8 Å². The number of hydrogen-bond acceptors (Lipinski definition) is 3. The predicted octanol–water partition coefficient (Wildman–Crippen LogP) is 4.12. The van der Waals surface area contributed by atoms with E-state index in [2.05, 4.69) is 10.6 Å². The third-order valence-electron chi connectivity index (χ3n) is 4.20. The number of amides is 2. The summed E-state index contributed by atoms with van der Waals surface area (Å²) in [5.74, 6) is -0.484. The van der Waals surface area contributed by atoms with Crippen molar-refractivity contribution in [1.82, 2.24) is 4.90 Å². The number of likely N-dealkylation sites (N-methyl/N-ethyl adjacent to an activating group) is 1. The lowest BCUT2D eigenvalue weighted by Gasteiger charge is -2.24. The quantitative estimate of drug-likeness (QED) is 0.776. The topological polar surface area (TPSA) is 61.4 Å². The maximum atomic E-state index is 12.6. The maximum absolute atomic E-state index is 12.6. The molecule has 2 rings (SSSR count). The number of halogens is 3. The summed E-state index contributed by atoms with van der Waals surface area (Å²) in [6, 6.07) is 11.1. The summed E-state index contributed by atoms with van der Waals surface area (Å²) in [5.41, 5.74) is 1.06. The van der Waals surface area contributed by atoms with Crippen molar-refractivity contribution in [3.63, 3.8) is 0 Å². The zero-order valence-corrected chi connectivity index (χ0v) is 15.8. The minimum absolute atomic E-state index is 0.215. The average Bonchev–Trinajstić information content (AvgIpc) is 2.60. The third-order valence-corrected chi connectivity index (χ3v) is 4.20. The zero-order chi connectivity index (χ0) is 20.9. The normalized spacial score (nSPS) is 12.5. The Kier molecular flexibility index (Phi) is 6.80. The van der Waals surface area contributed by atoms with Gasteiger partial charge < -0.3 is 10.6 Å². The molecule has 0 saturated heterocycles. The summed E-state index contributed by atoms with van der Waals surface area (Å²) in [6.07, 6.45) is -4.37. The molecule has 5 nitrogen and oxygen atoms in total. The van der Waals surface area contributed by atoms with Crippen molar-refractivity contribution < 1.29 is 22.8 Å². The van der Waals surface area contributed by atoms with Crippen LogP contribution in [0.5, 0.6) is 0 Å². The van der Waals surface area contributed by atoms with Gasteiger partial charge in [-0.15, -0.1) is 0 Å². The number of rotatable bonds is 6. The molecule has 0 fully saturated rings. The monoisotopic (exact) mass is 393 g/mol. The van der Waals surface area contributed by atoms with Crippen LogP contribution in [0.3, 0.4) is 0 Å². The van der Waals surface area contributed by atoms with Gasteiger partial charge in [0.05, 0.1) is 11.6 Å². The minimum atomic E-state index is -4.37. The van der Waals surface area contributed by atoms with E-state index < -0.39 is 17.8 Å². The van der Waals surface area contributed by atoms with E-state index in [0.717, 1.165) is 12.1 Å². The van der Waals surface area contributed by atoms with E-state index in [4.69, 9.17) is 0 Å². The van der Waals surface area contributed by atoms with Gasteiger partial charge in [0, 0.05) is 24.8 Å². The van der Waals surface area contributed by atoms with E-state index >= 15 is 0 Å². The van der Waals surface area contributed by atoms with Crippen molar-refractivity contribution in [2.24, 2.45) is 0 Å². The second-order valence-corrected chi connectivity index (χ2v) is 6.54. The molecule has 2 aromatic rings. The molecule has 1 atom stereocenters. The zero-order valence-electron chi connectivity index (χ0n) is 15.8. The van der Waals surface area contributed by atoms with Gasteiger partial charge in [-0.05, 0) is 49.9 Å². The molecule has 150 valence electrons. The molecule has 0 aliphatic heterocycles. The van der Waals surface area contributed by atoms with E-state index in [-0.39, 0.29) is 11.8 Å². The van der Waals surface area contributed by atoms with E-state index in [1.54, 1.807) is 43.1 Å². The number of nitrogens with zero attached hydrogens (tertiary/aromatic N) is 1. The molecule has 0 aliphatic carbocycles. The molecular weight excluding hydrogens is 371 g/mol. The summed E-state index contributed by atoms with van der Waals surface area (Å²) in [7, 11) is 1.72. The van der Waals surface area contributed by atoms with Gasteiger partial charge in [-0.25, -0.2) is 0 Å². The summed E-state index contributed by atoms with van der Waals surface area (Å²) >= 11 is 0. The molecule has 2 aromatic carbocycles. The number of carbonyl (C=O) groups is 2. The smallest absolute Gasteiger partial charge is 0.326 e. The summed E-state index contributed by atoms with van der Waals surface area (Å²) in [4.78, 5) is 25.3. The molecule has 0 radical (unpaired) electrons. The Bertz CT molecular complexity index is 835. The Morgan fingerprint density at radius 1 is 1.04 bits per heavy atom. The fourth-order valence-corrected chi connectivity index (χ4v) is 2.55. The van der Waals surface area contributed by atoms with Crippen LogP contribution in [0.15, 0.2) is 48.5 Å². The lowest BCUT2D eigenvalue weighted by atomic mass is 10.1. The number of nitrogens with one attached hydrogen (secondary N) is 2. The highest BCUT2D eigenvalue weighted by molar-refractivity contribution is 5.96. The van der Waals surface area contributed by atoms with Crippen LogP contribution in [0.1, 0.15) is 25.0 Å². The summed E-state index contributed by atoms with van der Waals surface area (Å²) in [5, 5.41) is 5.41. The van der Waals surface area contributed by atoms with Crippen molar-refractivity contribution >= 4 is 23.2 Å². The standard InChI is InChI=1S/C20H22F3N3O2/c1-13(19(28)25-18-6-4-5-17(11-18)24-14(2)27)26(3)12-15-7-9-16(10-8-15)20(21,22)23/h4-11,13H,12H2,1-3H3,(H,24,27)(H,25,28). The Hall–Kier alpha value is -2.87. The van der Waals surface area contributed by atoms with E-state index in [1.807, 2.05) is 0 Å². The highest BCUT2D eigenvalue weighted by atomic mass is 19.4. The van der Waals surface area contributed by atoms with Crippen LogP contribution in [0.25, 0.3) is 0 Å². The average molecular weight is 393 g/mol. The lowest BCUT2D eigenvalue weighted by Crippen LogP contribution is -2.39. The fraction of sp³-hybridized carbons (Fsp3) is 0.300. The molecular formula is C20H22F3N3O2. The number of benzene rings is 2. The van der Waals surface area contributed by atoms with Gasteiger partial charge in [-0.3, -0.25) is 14.5 Å². The van der Waals surface area contributed by atoms with Gasteiger partial charge in [-0.1, -0.05) is 18.2 Å². The SMILES string of the molecule is CC(=O)Nc1cccc(NC(=O)C(C)N(C)Cc2ccc(C(F)(F)F)cc2)c1. The Morgan fingerprint density at radius 2 is 1.61 bits per heavy atom. The second kappa shape index (κ2) is 8.88. The van der Waals surface area contributed by atoms with Crippen molar-refractivity contribution in [3.8, 4) is 0 Å². The number of hydrogen-bond donors (Lipinski definition) is 2. The van der Waals surface area contributed by atoms with Crippen LogP contribution >= 0.6 is 0 Å². The fourth-order valence-electron chi connectivity index (χ4n) is 2.55. The first-order chi connectivity index (χ1) is 13.1. The van der Waals surface area contributed by atoms with Crippen LogP contribution in [0.4, 0.5) is 24.5 Å². The molecule has 28 heavy (non-hydrogen) atoms. The highest BCUT2D eigenvalue weighted by Gasteiger charge is 2.30. The Balaban J connectivity index is 1.98. The van der Waals surface area contributed by atoms with E-state index in [1.165, 1.54) is 19.1 Å². The van der Waals surface area contributed by atoms with Crippen LogP contribution < -0.4 is 10.6 Å². The van der Waals surface area contributed by atoms with E-state index in [0.29, 0.717) is 23.5 Å². The van der Waals surface area contributed by atoms with Gasteiger partial charge >= 0.3 is 6.18 Å². The van der Waals surface area contributed by atoms with Crippen molar-refractivity contribution in [2.45, 2.75) is 32.6 Å². The molecule has 0 spiro atoms. The molecule has 1 unspecified atom stereocenters. The maximum Gasteiger partial charge on any atom is 0.416 e. The molecule has 0 heterocycles. The van der Waals surface area contributed by atoms with Crippen LogP contribution in [0.2, 0.25) is 0 Å². The molecule has 2 N–H and O–H groups in total. The first-order valence-electron chi connectivity index (χ1n) is 8.61. The molecule has 0 aliphatic rings. The summed E-state index contributed by atoms with van der Waals surface area (Å²) < 4.78 is 37.9. The molecule has 2 amide bonds. The predicted molar refractivity (Wildman–Crippen MR) is 102 cm³/mol. The first-order valence-corrected chi connectivity index (χ1v) is 8.61. The molecule has 8 heteroatoms. The van der Waals surface area contributed by atoms with Crippen molar-refractivity contribution in [3.05, 3.63) is 59.7 Å². The first kappa shape index (κ1) is 21.4.